The zero-order valence-electron chi connectivity index (χ0n) is 18.6. The number of fused-ring (bicyclic) bond motifs is 2. The van der Waals surface area contributed by atoms with Crippen LogP contribution >= 0.6 is 0 Å². The summed E-state index contributed by atoms with van der Waals surface area (Å²) in [7, 11) is 1.86. The maximum absolute atomic E-state index is 13.2. The summed E-state index contributed by atoms with van der Waals surface area (Å²) in [4.78, 5) is 41.7. The molecule has 2 aromatic carbocycles. The molecule has 2 atom stereocenters. The van der Waals surface area contributed by atoms with Gasteiger partial charge in [-0.1, -0.05) is 18.2 Å². The summed E-state index contributed by atoms with van der Waals surface area (Å²) in [6.07, 6.45) is 1.58. The second-order valence-electron chi connectivity index (χ2n) is 8.72. The summed E-state index contributed by atoms with van der Waals surface area (Å²) < 4.78 is 5.66. The van der Waals surface area contributed by atoms with Gasteiger partial charge in [-0.15, -0.1) is 0 Å². The van der Waals surface area contributed by atoms with Gasteiger partial charge in [-0.25, -0.2) is 0 Å². The number of nitrogens with one attached hydrogen (secondary N) is 2. The molecular formula is C25H26N4O4. The smallest absolute Gasteiger partial charge is 0.287 e. The monoisotopic (exact) mass is 446 g/mol. The normalized spacial score (nSPS) is 20.4. The number of anilines is 2. The number of rotatable bonds is 3. The number of nitrogens with zero attached hydrogens (tertiary/aromatic N) is 2. The van der Waals surface area contributed by atoms with Crippen molar-refractivity contribution in [3.05, 3.63) is 59.9 Å². The predicted molar refractivity (Wildman–Crippen MR) is 126 cm³/mol. The van der Waals surface area contributed by atoms with Crippen LogP contribution in [-0.4, -0.2) is 54.8 Å². The molecule has 0 spiro atoms. The van der Waals surface area contributed by atoms with Crippen molar-refractivity contribution >= 4 is 40.1 Å². The number of para-hydroxylation sites is 1. The number of likely N-dealkylation sites (tertiary alicyclic amines) is 1. The highest BCUT2D eigenvalue weighted by atomic mass is 16.3. The van der Waals surface area contributed by atoms with Crippen LogP contribution in [0.15, 0.2) is 52.9 Å². The van der Waals surface area contributed by atoms with Crippen molar-refractivity contribution in [3.63, 3.8) is 0 Å². The zero-order chi connectivity index (χ0) is 23.1. The molecule has 5 rings (SSSR count). The lowest BCUT2D eigenvalue weighted by atomic mass is 10.0. The molecule has 1 saturated heterocycles. The summed E-state index contributed by atoms with van der Waals surface area (Å²) in [5, 5.41) is 6.77. The summed E-state index contributed by atoms with van der Waals surface area (Å²) in [5.74, 6) is -0.223. The van der Waals surface area contributed by atoms with Gasteiger partial charge in [0.15, 0.2) is 5.76 Å². The standard InChI is InChI=1S/C25H26N4O4/c1-15-23(30)27-19-12-17(9-10-20(19)28(15)2)25(32)29-11-5-7-18(14-29)26-24(31)22-13-16-6-3-4-8-21(16)33-22/h3-4,6,8-10,12-13,15,18H,5,7,11,14H2,1-2H3,(H,26,31)(H,27,30). The third-order valence-electron chi connectivity index (χ3n) is 6.53. The van der Waals surface area contributed by atoms with Crippen molar-refractivity contribution in [1.82, 2.24) is 10.2 Å². The van der Waals surface area contributed by atoms with E-state index < -0.39 is 0 Å². The fourth-order valence-electron chi connectivity index (χ4n) is 4.51. The molecule has 0 saturated carbocycles. The lowest BCUT2D eigenvalue weighted by Crippen LogP contribution is -2.49. The molecule has 8 heteroatoms. The number of hydrogen-bond acceptors (Lipinski definition) is 5. The Bertz CT molecular complexity index is 1220. The van der Waals surface area contributed by atoms with E-state index in [1.807, 2.05) is 49.2 Å². The topological polar surface area (TPSA) is 94.9 Å². The molecule has 2 unspecified atom stereocenters. The van der Waals surface area contributed by atoms with E-state index in [9.17, 15) is 14.4 Å². The molecule has 8 nitrogen and oxygen atoms in total. The number of furan rings is 1. The predicted octanol–water partition coefficient (Wildman–Crippen LogP) is 3.24. The van der Waals surface area contributed by atoms with Crippen molar-refractivity contribution in [2.24, 2.45) is 0 Å². The fourth-order valence-corrected chi connectivity index (χ4v) is 4.51. The highest BCUT2D eigenvalue weighted by Crippen LogP contribution is 2.32. The number of carbonyl (C=O) groups is 3. The average molecular weight is 447 g/mol. The molecule has 3 aromatic rings. The van der Waals surface area contributed by atoms with Crippen LogP contribution in [0.3, 0.4) is 0 Å². The molecule has 2 aliphatic rings. The van der Waals surface area contributed by atoms with Crippen molar-refractivity contribution in [1.29, 1.82) is 0 Å². The van der Waals surface area contributed by atoms with Gasteiger partial charge in [0.1, 0.15) is 11.6 Å². The van der Waals surface area contributed by atoms with Crippen LogP contribution < -0.4 is 15.5 Å². The van der Waals surface area contributed by atoms with Crippen LogP contribution in [0, 0.1) is 0 Å². The van der Waals surface area contributed by atoms with Crippen LogP contribution in [0.25, 0.3) is 11.0 Å². The summed E-state index contributed by atoms with van der Waals surface area (Å²) >= 11 is 0. The number of piperidine rings is 1. The van der Waals surface area contributed by atoms with E-state index in [4.69, 9.17) is 4.42 Å². The molecule has 2 N–H and O–H groups in total. The minimum atomic E-state index is -0.279. The van der Waals surface area contributed by atoms with Gasteiger partial charge in [-0.05, 0) is 50.1 Å². The second-order valence-corrected chi connectivity index (χ2v) is 8.72. The van der Waals surface area contributed by atoms with E-state index in [0.29, 0.717) is 29.9 Å². The van der Waals surface area contributed by atoms with Crippen LogP contribution in [-0.2, 0) is 4.79 Å². The highest BCUT2D eigenvalue weighted by molar-refractivity contribution is 6.05. The third-order valence-corrected chi connectivity index (χ3v) is 6.53. The van der Waals surface area contributed by atoms with Gasteiger partial charge in [-0.3, -0.25) is 14.4 Å². The summed E-state index contributed by atoms with van der Waals surface area (Å²) in [6.45, 7) is 2.88. The minimum Gasteiger partial charge on any atom is -0.451 e. The van der Waals surface area contributed by atoms with Crippen molar-refractivity contribution in [3.8, 4) is 0 Å². The van der Waals surface area contributed by atoms with E-state index in [1.54, 1.807) is 23.1 Å². The van der Waals surface area contributed by atoms with Gasteiger partial charge in [0, 0.05) is 37.1 Å². The first-order chi connectivity index (χ1) is 15.9. The lowest BCUT2D eigenvalue weighted by molar-refractivity contribution is -0.117. The summed E-state index contributed by atoms with van der Waals surface area (Å²) in [6, 6.07) is 14.2. The van der Waals surface area contributed by atoms with Gasteiger partial charge < -0.3 is 24.9 Å². The highest BCUT2D eigenvalue weighted by Gasteiger charge is 2.30. The molecule has 2 aliphatic heterocycles. The zero-order valence-corrected chi connectivity index (χ0v) is 18.6. The Balaban J connectivity index is 1.28. The van der Waals surface area contributed by atoms with Crippen LogP contribution in [0.1, 0.15) is 40.7 Å². The van der Waals surface area contributed by atoms with Gasteiger partial charge >= 0.3 is 0 Å². The Morgan fingerprint density at radius 3 is 2.79 bits per heavy atom. The number of amides is 3. The minimum absolute atomic E-state index is 0.0964. The van der Waals surface area contributed by atoms with E-state index in [0.717, 1.165) is 23.9 Å². The molecule has 0 aliphatic carbocycles. The SMILES string of the molecule is CC1C(=O)Nc2cc(C(=O)N3CCCC(NC(=O)c4cc5ccccc5o4)C3)ccc2N1C. The Morgan fingerprint density at radius 1 is 1.15 bits per heavy atom. The molecule has 0 radical (unpaired) electrons. The first-order valence-electron chi connectivity index (χ1n) is 11.2. The molecule has 0 bridgehead atoms. The van der Waals surface area contributed by atoms with Crippen LogP contribution in [0.5, 0.6) is 0 Å². The number of carbonyl (C=O) groups excluding carboxylic acids is 3. The van der Waals surface area contributed by atoms with Crippen molar-refractivity contribution < 1.29 is 18.8 Å². The van der Waals surface area contributed by atoms with Crippen molar-refractivity contribution in [2.45, 2.75) is 31.8 Å². The Labute approximate surface area is 191 Å². The van der Waals surface area contributed by atoms with E-state index in [-0.39, 0.29) is 35.6 Å². The van der Waals surface area contributed by atoms with E-state index in [1.165, 1.54) is 0 Å². The van der Waals surface area contributed by atoms with Gasteiger partial charge in [0.2, 0.25) is 5.91 Å². The van der Waals surface area contributed by atoms with Crippen LogP contribution in [0.4, 0.5) is 11.4 Å². The van der Waals surface area contributed by atoms with Crippen LogP contribution in [0.2, 0.25) is 0 Å². The largest absolute Gasteiger partial charge is 0.451 e. The van der Waals surface area contributed by atoms with E-state index in [2.05, 4.69) is 10.6 Å². The first-order valence-corrected chi connectivity index (χ1v) is 11.2. The average Bonchev–Trinajstić information content (AvgIpc) is 3.27. The number of benzene rings is 2. The Kier molecular flexibility index (Phi) is 5.28. The lowest BCUT2D eigenvalue weighted by Gasteiger charge is -2.35. The molecule has 1 fully saturated rings. The Morgan fingerprint density at radius 2 is 1.97 bits per heavy atom. The molecule has 33 heavy (non-hydrogen) atoms. The second kappa shape index (κ2) is 8.27. The summed E-state index contributed by atoms with van der Waals surface area (Å²) in [5.41, 5.74) is 2.70. The van der Waals surface area contributed by atoms with Gasteiger partial charge in [0.05, 0.1) is 11.4 Å². The maximum atomic E-state index is 13.2. The van der Waals surface area contributed by atoms with Gasteiger partial charge in [-0.2, -0.15) is 0 Å². The molecular weight excluding hydrogens is 420 g/mol. The molecule has 3 amide bonds. The quantitative estimate of drug-likeness (QED) is 0.644. The number of likely N-dealkylation sites (N-methyl/N-ethyl adjacent to an activating group) is 1. The Hall–Kier alpha value is -3.81. The first kappa shape index (κ1) is 21.1. The molecule has 3 heterocycles. The maximum Gasteiger partial charge on any atom is 0.287 e. The third kappa shape index (κ3) is 3.92. The fraction of sp³-hybridized carbons (Fsp3) is 0.320. The number of hydrogen-bond donors (Lipinski definition) is 2. The molecule has 170 valence electrons. The van der Waals surface area contributed by atoms with Crippen molar-refractivity contribution in [2.75, 3.05) is 30.4 Å². The van der Waals surface area contributed by atoms with E-state index >= 15 is 0 Å². The van der Waals surface area contributed by atoms with Gasteiger partial charge in [0.25, 0.3) is 11.8 Å². The molecule has 1 aromatic heterocycles.